The number of hydrogen-bond donors (Lipinski definition) is 1. The van der Waals surface area contributed by atoms with Gasteiger partial charge < -0.3 is 10.6 Å². The molecule has 3 nitrogen and oxygen atoms in total. The predicted octanol–water partition coefficient (Wildman–Crippen LogP) is 3.08. The number of benzene rings is 1. The average Bonchev–Trinajstić information content (AvgIpc) is 2.48. The largest absolute Gasteiger partial charge is 0.341 e. The van der Waals surface area contributed by atoms with E-state index in [1.165, 1.54) is 18.6 Å². The maximum Gasteiger partial charge on any atom is 0.223 e. The van der Waals surface area contributed by atoms with Crippen LogP contribution in [0.5, 0.6) is 0 Å². The zero-order valence-corrected chi connectivity index (χ0v) is 12.8. The Kier molecular flexibility index (Phi) is 5.34. The van der Waals surface area contributed by atoms with Crippen molar-refractivity contribution in [1.29, 1.82) is 0 Å². The molecule has 0 heterocycles. The highest BCUT2D eigenvalue weighted by Gasteiger charge is 2.33. The fraction of sp³-hybridized carbons (Fsp3) is 0.588. The molecule has 0 aliphatic heterocycles. The van der Waals surface area contributed by atoms with E-state index in [9.17, 15) is 9.18 Å². The molecule has 0 radical (unpaired) electrons. The summed E-state index contributed by atoms with van der Waals surface area (Å²) in [6.45, 7) is 1.02. The lowest BCUT2D eigenvalue weighted by Gasteiger charge is -2.36. The van der Waals surface area contributed by atoms with Crippen molar-refractivity contribution in [2.75, 3.05) is 13.6 Å². The SMILES string of the molecule is CN(Cc1cccc(F)c1)C(=O)CC1(CN)CCCCC1. The van der Waals surface area contributed by atoms with Crippen molar-refractivity contribution in [1.82, 2.24) is 4.90 Å². The highest BCUT2D eigenvalue weighted by Crippen LogP contribution is 2.38. The zero-order chi connectivity index (χ0) is 15.3. The van der Waals surface area contributed by atoms with Crippen LogP contribution in [0, 0.1) is 11.2 Å². The van der Waals surface area contributed by atoms with Crippen molar-refractivity contribution >= 4 is 5.91 Å². The van der Waals surface area contributed by atoms with Gasteiger partial charge in [-0.1, -0.05) is 31.4 Å². The van der Waals surface area contributed by atoms with Crippen LogP contribution in [0.1, 0.15) is 44.1 Å². The average molecular weight is 292 g/mol. The lowest BCUT2D eigenvalue weighted by molar-refractivity contribution is -0.133. The van der Waals surface area contributed by atoms with E-state index < -0.39 is 0 Å². The van der Waals surface area contributed by atoms with Crippen molar-refractivity contribution in [3.63, 3.8) is 0 Å². The fourth-order valence-electron chi connectivity index (χ4n) is 3.21. The quantitative estimate of drug-likeness (QED) is 0.906. The van der Waals surface area contributed by atoms with E-state index in [4.69, 9.17) is 5.73 Å². The second-order valence-corrected chi connectivity index (χ2v) is 6.32. The maximum absolute atomic E-state index is 13.2. The second-order valence-electron chi connectivity index (χ2n) is 6.32. The predicted molar refractivity (Wildman–Crippen MR) is 82.1 cm³/mol. The minimum absolute atomic E-state index is 0.0223. The van der Waals surface area contributed by atoms with E-state index in [1.54, 1.807) is 18.0 Å². The Morgan fingerprint density at radius 3 is 2.67 bits per heavy atom. The van der Waals surface area contributed by atoms with Gasteiger partial charge in [-0.25, -0.2) is 4.39 Å². The molecule has 2 rings (SSSR count). The molecule has 1 aliphatic carbocycles. The Morgan fingerprint density at radius 1 is 1.33 bits per heavy atom. The van der Waals surface area contributed by atoms with Crippen molar-refractivity contribution in [3.8, 4) is 0 Å². The molecular weight excluding hydrogens is 267 g/mol. The summed E-state index contributed by atoms with van der Waals surface area (Å²) in [5, 5.41) is 0. The first-order valence-electron chi connectivity index (χ1n) is 7.73. The van der Waals surface area contributed by atoms with Gasteiger partial charge in [0.25, 0.3) is 0 Å². The van der Waals surface area contributed by atoms with E-state index in [0.717, 1.165) is 31.2 Å². The minimum Gasteiger partial charge on any atom is -0.341 e. The molecule has 1 aromatic rings. The summed E-state index contributed by atoms with van der Waals surface area (Å²) in [5.41, 5.74) is 6.73. The van der Waals surface area contributed by atoms with Gasteiger partial charge in [0.15, 0.2) is 0 Å². The number of rotatable bonds is 5. The molecular formula is C17H25FN2O. The van der Waals surface area contributed by atoms with Gasteiger partial charge in [0.2, 0.25) is 5.91 Å². The van der Waals surface area contributed by atoms with Gasteiger partial charge in [-0.3, -0.25) is 4.79 Å². The normalized spacial score (nSPS) is 17.5. The minimum atomic E-state index is -0.265. The third-order valence-corrected chi connectivity index (χ3v) is 4.61. The molecule has 0 saturated heterocycles. The van der Waals surface area contributed by atoms with Gasteiger partial charge in [-0.05, 0) is 42.5 Å². The molecule has 1 amide bonds. The molecule has 1 fully saturated rings. The molecule has 0 unspecified atom stereocenters. The summed E-state index contributed by atoms with van der Waals surface area (Å²) in [7, 11) is 1.78. The summed E-state index contributed by atoms with van der Waals surface area (Å²) in [4.78, 5) is 14.1. The Morgan fingerprint density at radius 2 is 2.05 bits per heavy atom. The van der Waals surface area contributed by atoms with Crippen LogP contribution < -0.4 is 5.73 Å². The molecule has 21 heavy (non-hydrogen) atoms. The standard InChI is InChI=1S/C17H25FN2O/c1-20(12-14-6-5-7-15(18)10-14)16(21)11-17(13-19)8-3-2-4-9-17/h5-7,10H,2-4,8-9,11-13,19H2,1H3. The van der Waals surface area contributed by atoms with Gasteiger partial charge in [0.1, 0.15) is 5.82 Å². The Labute approximate surface area is 126 Å². The Balaban J connectivity index is 1.95. The smallest absolute Gasteiger partial charge is 0.223 e. The van der Waals surface area contributed by atoms with Crippen LogP contribution in [0.25, 0.3) is 0 Å². The summed E-state index contributed by atoms with van der Waals surface area (Å²) >= 11 is 0. The highest BCUT2D eigenvalue weighted by molar-refractivity contribution is 5.76. The van der Waals surface area contributed by atoms with Crippen molar-refractivity contribution in [2.45, 2.75) is 45.1 Å². The van der Waals surface area contributed by atoms with Crippen LogP contribution in [0.15, 0.2) is 24.3 Å². The summed E-state index contributed by atoms with van der Waals surface area (Å²) in [6.07, 6.45) is 6.17. The topological polar surface area (TPSA) is 46.3 Å². The van der Waals surface area contributed by atoms with Crippen LogP contribution in [-0.4, -0.2) is 24.4 Å². The Hall–Kier alpha value is -1.42. The van der Waals surface area contributed by atoms with Crippen molar-refractivity contribution in [3.05, 3.63) is 35.6 Å². The van der Waals surface area contributed by atoms with Gasteiger partial charge in [-0.2, -0.15) is 0 Å². The van der Waals surface area contributed by atoms with Crippen LogP contribution in [0.4, 0.5) is 4.39 Å². The van der Waals surface area contributed by atoms with Gasteiger partial charge >= 0.3 is 0 Å². The Bertz CT molecular complexity index is 483. The number of carbonyl (C=O) groups is 1. The van der Waals surface area contributed by atoms with Crippen LogP contribution in [-0.2, 0) is 11.3 Å². The molecule has 1 aliphatic rings. The first-order valence-corrected chi connectivity index (χ1v) is 7.73. The maximum atomic E-state index is 13.2. The van der Waals surface area contributed by atoms with Crippen molar-refractivity contribution in [2.24, 2.45) is 11.1 Å². The first kappa shape index (κ1) is 16.0. The van der Waals surface area contributed by atoms with Gasteiger partial charge in [0.05, 0.1) is 0 Å². The molecule has 0 atom stereocenters. The van der Waals surface area contributed by atoms with Gasteiger partial charge in [-0.15, -0.1) is 0 Å². The highest BCUT2D eigenvalue weighted by atomic mass is 19.1. The van der Waals surface area contributed by atoms with Gasteiger partial charge in [0, 0.05) is 20.0 Å². The first-order chi connectivity index (χ1) is 10.0. The van der Waals surface area contributed by atoms with E-state index in [2.05, 4.69) is 0 Å². The van der Waals surface area contributed by atoms with Crippen molar-refractivity contribution < 1.29 is 9.18 Å². The molecule has 0 aromatic heterocycles. The van der Waals surface area contributed by atoms with E-state index in [0.29, 0.717) is 19.5 Å². The third-order valence-electron chi connectivity index (χ3n) is 4.61. The summed E-state index contributed by atoms with van der Waals surface area (Å²) in [5.74, 6) is -0.161. The molecule has 4 heteroatoms. The van der Waals surface area contributed by atoms with E-state index in [-0.39, 0.29) is 17.1 Å². The number of hydrogen-bond acceptors (Lipinski definition) is 2. The fourth-order valence-corrected chi connectivity index (χ4v) is 3.21. The summed E-state index contributed by atoms with van der Waals surface area (Å²) < 4.78 is 13.2. The molecule has 0 bridgehead atoms. The second kappa shape index (κ2) is 7.03. The molecule has 116 valence electrons. The number of carbonyl (C=O) groups excluding carboxylic acids is 1. The van der Waals surface area contributed by atoms with Crippen LogP contribution >= 0.6 is 0 Å². The number of nitrogens with two attached hydrogens (primary N) is 1. The molecule has 2 N–H and O–H groups in total. The lowest BCUT2D eigenvalue weighted by Crippen LogP contribution is -2.39. The van der Waals surface area contributed by atoms with E-state index >= 15 is 0 Å². The number of halogens is 1. The monoisotopic (exact) mass is 292 g/mol. The third kappa shape index (κ3) is 4.27. The van der Waals surface area contributed by atoms with E-state index in [1.807, 2.05) is 6.07 Å². The number of nitrogens with zero attached hydrogens (tertiary/aromatic N) is 1. The van der Waals surface area contributed by atoms with Crippen LogP contribution in [0.2, 0.25) is 0 Å². The molecule has 1 saturated carbocycles. The molecule has 1 aromatic carbocycles. The van der Waals surface area contributed by atoms with Crippen LogP contribution in [0.3, 0.4) is 0 Å². The summed E-state index contributed by atoms with van der Waals surface area (Å²) in [6, 6.07) is 6.40. The lowest BCUT2D eigenvalue weighted by atomic mass is 9.71. The zero-order valence-electron chi connectivity index (χ0n) is 12.8. The molecule has 0 spiro atoms. The number of amides is 1.